The molecule has 0 radical (unpaired) electrons. The molecule has 8 bridgehead atoms. The van der Waals surface area contributed by atoms with Gasteiger partial charge in [0.25, 0.3) is 0 Å². The second-order valence-electron chi connectivity index (χ2n) is 15.6. The SMILES string of the molecule is C=Cc1ccc(C23CC4CC(C2)CC(C25CC6CC(CC(c7ccc(C=C)cc7C=C)(C6)C2)C5)(C4)C3)c(C=C)c1. The van der Waals surface area contributed by atoms with E-state index in [2.05, 4.69) is 74.9 Å². The number of rotatable bonds is 7. The Morgan fingerprint density at radius 2 is 0.875 bits per heavy atom. The van der Waals surface area contributed by atoms with Crippen molar-refractivity contribution in [2.75, 3.05) is 0 Å². The molecule has 0 spiro atoms. The van der Waals surface area contributed by atoms with Crippen LogP contribution in [0.15, 0.2) is 62.7 Å². The first kappa shape index (κ1) is 25.1. The summed E-state index contributed by atoms with van der Waals surface area (Å²) >= 11 is 0. The molecule has 4 atom stereocenters. The van der Waals surface area contributed by atoms with Crippen LogP contribution in [0.5, 0.6) is 0 Å². The Bertz CT molecular complexity index is 1290. The van der Waals surface area contributed by atoms with Crippen LogP contribution in [-0.4, -0.2) is 0 Å². The van der Waals surface area contributed by atoms with Crippen molar-refractivity contribution in [1.82, 2.24) is 0 Å². The van der Waals surface area contributed by atoms with Crippen molar-refractivity contribution in [2.24, 2.45) is 34.5 Å². The summed E-state index contributed by atoms with van der Waals surface area (Å²) in [4.78, 5) is 0. The Labute approximate surface area is 242 Å². The van der Waals surface area contributed by atoms with E-state index in [9.17, 15) is 0 Å². The Morgan fingerprint density at radius 1 is 0.500 bits per heavy atom. The van der Waals surface area contributed by atoms with Crippen LogP contribution < -0.4 is 0 Å². The maximum absolute atomic E-state index is 4.29. The molecule has 4 unspecified atom stereocenters. The minimum Gasteiger partial charge on any atom is -0.0985 e. The summed E-state index contributed by atoms with van der Waals surface area (Å²) in [6, 6.07) is 14.3. The molecule has 8 saturated carbocycles. The van der Waals surface area contributed by atoms with Crippen LogP contribution in [-0.2, 0) is 10.8 Å². The van der Waals surface area contributed by atoms with Crippen LogP contribution in [0, 0.1) is 34.5 Å². The van der Waals surface area contributed by atoms with Gasteiger partial charge in [0.2, 0.25) is 0 Å². The Balaban J connectivity index is 1.24. The van der Waals surface area contributed by atoms with E-state index in [0.29, 0.717) is 21.7 Å². The molecule has 8 aliphatic carbocycles. The summed E-state index contributed by atoms with van der Waals surface area (Å²) < 4.78 is 0. The van der Waals surface area contributed by atoms with Crippen molar-refractivity contribution >= 4 is 24.3 Å². The average Bonchev–Trinajstić information content (AvgIpc) is 2.95. The van der Waals surface area contributed by atoms with Gasteiger partial charge in [0.15, 0.2) is 0 Å². The highest BCUT2D eigenvalue weighted by Gasteiger charge is 2.70. The Hall–Kier alpha value is -2.60. The van der Waals surface area contributed by atoms with E-state index < -0.39 is 0 Å². The summed E-state index contributed by atoms with van der Waals surface area (Å²) in [6.07, 6.45) is 25.6. The van der Waals surface area contributed by atoms with Crippen LogP contribution >= 0.6 is 0 Å². The maximum atomic E-state index is 4.29. The second kappa shape index (κ2) is 8.47. The van der Waals surface area contributed by atoms with Crippen molar-refractivity contribution in [1.29, 1.82) is 0 Å². The standard InChI is InChI=1S/C40H46/c1-5-27-9-11-35(33(7-3)15-27)37-17-29-13-30(18-37)22-39(21-29,25-37)40-23-31-14-32(24-40)20-38(19-31,26-40)36-12-10-28(6-2)16-34(36)8-4/h5-12,15-16,29-32H,1-4,13-14,17-26H2. The van der Waals surface area contributed by atoms with E-state index >= 15 is 0 Å². The van der Waals surface area contributed by atoms with E-state index in [1.807, 2.05) is 12.2 Å². The third-order valence-corrected chi connectivity index (χ3v) is 13.5. The minimum absolute atomic E-state index is 0.335. The van der Waals surface area contributed by atoms with Crippen LogP contribution in [0.1, 0.15) is 110 Å². The Morgan fingerprint density at radius 3 is 1.20 bits per heavy atom. The zero-order chi connectivity index (χ0) is 27.3. The predicted molar refractivity (Wildman–Crippen MR) is 171 cm³/mol. The van der Waals surface area contributed by atoms with E-state index in [4.69, 9.17) is 0 Å². The van der Waals surface area contributed by atoms with Gasteiger partial charge in [-0.15, -0.1) is 0 Å². The van der Waals surface area contributed by atoms with Gasteiger partial charge < -0.3 is 0 Å². The Kier molecular flexibility index (Phi) is 5.32. The fourth-order valence-electron chi connectivity index (χ4n) is 13.1. The van der Waals surface area contributed by atoms with Gasteiger partial charge in [0.05, 0.1) is 0 Å². The van der Waals surface area contributed by atoms with E-state index in [1.165, 1.54) is 99.3 Å². The lowest BCUT2D eigenvalue weighted by Gasteiger charge is -2.74. The first-order chi connectivity index (χ1) is 19.4. The molecule has 10 rings (SSSR count). The third kappa shape index (κ3) is 3.32. The largest absolute Gasteiger partial charge is 0.0985 e. The van der Waals surface area contributed by atoms with Crippen molar-refractivity contribution in [3.63, 3.8) is 0 Å². The minimum atomic E-state index is 0.335. The zero-order valence-electron chi connectivity index (χ0n) is 24.4. The quantitative estimate of drug-likeness (QED) is 0.336. The zero-order valence-corrected chi connectivity index (χ0v) is 24.4. The summed E-state index contributed by atoms with van der Waals surface area (Å²) in [6.45, 7) is 16.7. The van der Waals surface area contributed by atoms with E-state index in [-0.39, 0.29) is 0 Å². The van der Waals surface area contributed by atoms with Crippen LogP contribution in [0.25, 0.3) is 24.3 Å². The van der Waals surface area contributed by atoms with Gasteiger partial charge >= 0.3 is 0 Å². The lowest BCUT2D eigenvalue weighted by Crippen LogP contribution is -2.66. The lowest BCUT2D eigenvalue weighted by atomic mass is 9.30. The summed E-state index contributed by atoms with van der Waals surface area (Å²) in [5, 5.41) is 0. The molecule has 0 aliphatic heterocycles. The molecule has 40 heavy (non-hydrogen) atoms. The first-order valence-electron chi connectivity index (χ1n) is 16.2. The lowest BCUT2D eigenvalue weighted by molar-refractivity contribution is -0.212. The molecule has 0 saturated heterocycles. The summed E-state index contributed by atoms with van der Waals surface area (Å²) in [7, 11) is 0. The fourth-order valence-corrected chi connectivity index (χ4v) is 13.1. The van der Waals surface area contributed by atoms with Crippen molar-refractivity contribution in [3.05, 3.63) is 96.1 Å². The topological polar surface area (TPSA) is 0 Å². The highest BCUT2D eigenvalue weighted by molar-refractivity contribution is 5.62. The first-order valence-corrected chi connectivity index (χ1v) is 16.2. The molecule has 0 amide bonds. The number of benzene rings is 2. The predicted octanol–water partition coefficient (Wildman–Crippen LogP) is 10.6. The third-order valence-electron chi connectivity index (χ3n) is 13.5. The molecule has 8 fully saturated rings. The smallest absolute Gasteiger partial charge is 0.00303 e. The normalized spacial score (nSPS) is 42.1. The molecule has 206 valence electrons. The van der Waals surface area contributed by atoms with Crippen molar-refractivity contribution in [2.45, 2.75) is 87.9 Å². The molecule has 0 N–H and O–H groups in total. The second-order valence-corrected chi connectivity index (χ2v) is 15.6. The monoisotopic (exact) mass is 526 g/mol. The summed E-state index contributed by atoms with van der Waals surface area (Å²) in [5.74, 6) is 3.60. The average molecular weight is 527 g/mol. The van der Waals surface area contributed by atoms with Crippen LogP contribution in [0.3, 0.4) is 0 Å². The number of hydrogen-bond donors (Lipinski definition) is 0. The maximum Gasteiger partial charge on any atom is -0.00303 e. The van der Waals surface area contributed by atoms with Gasteiger partial charge in [-0.1, -0.05) is 74.9 Å². The molecule has 0 aromatic heterocycles. The van der Waals surface area contributed by atoms with Gasteiger partial charge in [0, 0.05) is 0 Å². The van der Waals surface area contributed by atoms with Gasteiger partial charge in [0.1, 0.15) is 0 Å². The highest BCUT2D eigenvalue weighted by atomic mass is 14.7. The molecule has 0 heteroatoms. The molecule has 2 aromatic rings. The summed E-state index contributed by atoms with van der Waals surface area (Å²) in [5.41, 5.74) is 10.1. The van der Waals surface area contributed by atoms with Crippen LogP contribution in [0.2, 0.25) is 0 Å². The molecular weight excluding hydrogens is 480 g/mol. The van der Waals surface area contributed by atoms with E-state index in [1.54, 1.807) is 11.1 Å². The van der Waals surface area contributed by atoms with Gasteiger partial charge in [-0.25, -0.2) is 0 Å². The number of hydrogen-bond acceptors (Lipinski definition) is 0. The molecule has 8 aliphatic rings. The molecule has 0 nitrogen and oxygen atoms in total. The van der Waals surface area contributed by atoms with Gasteiger partial charge in [-0.3, -0.25) is 0 Å². The van der Waals surface area contributed by atoms with Crippen molar-refractivity contribution in [3.8, 4) is 0 Å². The van der Waals surface area contributed by atoms with Crippen molar-refractivity contribution < 1.29 is 0 Å². The van der Waals surface area contributed by atoms with Gasteiger partial charge in [-0.2, -0.15) is 0 Å². The highest BCUT2D eigenvalue weighted by Crippen LogP contribution is 2.79. The molecule has 0 heterocycles. The van der Waals surface area contributed by atoms with Crippen LogP contribution in [0.4, 0.5) is 0 Å². The van der Waals surface area contributed by atoms with E-state index in [0.717, 1.165) is 23.7 Å². The molecule has 2 aromatic carbocycles. The van der Waals surface area contributed by atoms with Gasteiger partial charge in [-0.05, 0) is 168 Å². The molecular formula is C40H46. The fraction of sp³-hybridized carbons (Fsp3) is 0.500.